The van der Waals surface area contributed by atoms with Crippen LogP contribution in [0.5, 0.6) is 0 Å². The van der Waals surface area contributed by atoms with E-state index in [-0.39, 0.29) is 0 Å². The maximum atomic E-state index is 5.94. The van der Waals surface area contributed by atoms with Gasteiger partial charge in [-0.15, -0.1) is 0 Å². The van der Waals surface area contributed by atoms with Crippen molar-refractivity contribution in [2.24, 2.45) is 0 Å². The summed E-state index contributed by atoms with van der Waals surface area (Å²) >= 11 is 11.1. The van der Waals surface area contributed by atoms with Crippen LogP contribution in [0.15, 0.2) is 6.20 Å². The molecule has 1 heterocycles. The fourth-order valence-electron chi connectivity index (χ4n) is 1.56. The van der Waals surface area contributed by atoms with Gasteiger partial charge in [-0.3, -0.25) is 4.68 Å². The van der Waals surface area contributed by atoms with Crippen LogP contribution in [-0.4, -0.2) is 41.7 Å². The Morgan fingerprint density at radius 2 is 2.11 bits per heavy atom. The van der Waals surface area contributed by atoms with E-state index in [1.165, 1.54) is 0 Å². The van der Waals surface area contributed by atoms with E-state index in [1.807, 2.05) is 11.6 Å². The Balaban J connectivity index is 2.07. The maximum Gasteiger partial charge on any atom is 0.166 e. The Morgan fingerprint density at radius 3 is 2.68 bits per heavy atom. The van der Waals surface area contributed by atoms with Crippen molar-refractivity contribution in [3.05, 3.63) is 16.9 Å². The Kier molecular flexibility index (Phi) is 7.78. The van der Waals surface area contributed by atoms with E-state index in [0.29, 0.717) is 10.1 Å². The summed E-state index contributed by atoms with van der Waals surface area (Å²) in [7, 11) is 1.69. The molecule has 1 aromatic heterocycles. The Hall–Kier alpha value is -0.850. The summed E-state index contributed by atoms with van der Waals surface area (Å²) in [6.07, 6.45) is 3.56. The zero-order valence-electron chi connectivity index (χ0n) is 11.4. The minimum Gasteiger partial charge on any atom is -0.385 e. The SMILES string of the molecule is COCCCNC(=S)NCCCn1ncc(Cl)c1C. The van der Waals surface area contributed by atoms with Crippen LogP contribution in [0, 0.1) is 6.92 Å². The van der Waals surface area contributed by atoms with Gasteiger partial charge < -0.3 is 15.4 Å². The van der Waals surface area contributed by atoms with Gasteiger partial charge in [0.2, 0.25) is 0 Å². The second kappa shape index (κ2) is 9.12. The van der Waals surface area contributed by atoms with Gasteiger partial charge >= 0.3 is 0 Å². The Morgan fingerprint density at radius 1 is 1.42 bits per heavy atom. The molecule has 0 saturated heterocycles. The first-order chi connectivity index (χ1) is 9.15. The highest BCUT2D eigenvalue weighted by molar-refractivity contribution is 7.80. The van der Waals surface area contributed by atoms with E-state index < -0.39 is 0 Å². The van der Waals surface area contributed by atoms with Crippen molar-refractivity contribution < 1.29 is 4.74 Å². The van der Waals surface area contributed by atoms with Crippen molar-refractivity contribution in [1.82, 2.24) is 20.4 Å². The second-order valence-corrected chi connectivity index (χ2v) is 5.00. The number of hydrogen-bond acceptors (Lipinski definition) is 3. The van der Waals surface area contributed by atoms with Crippen molar-refractivity contribution in [2.75, 3.05) is 26.8 Å². The molecule has 0 aromatic carbocycles. The Bertz CT molecular complexity index is 397. The fraction of sp³-hybridized carbons (Fsp3) is 0.667. The van der Waals surface area contributed by atoms with E-state index in [2.05, 4.69) is 15.7 Å². The molecule has 0 unspecified atom stereocenters. The monoisotopic (exact) mass is 304 g/mol. The molecule has 0 spiro atoms. The number of thiocarbonyl (C=S) groups is 1. The van der Waals surface area contributed by atoms with Crippen LogP contribution in [0.3, 0.4) is 0 Å². The molecule has 0 atom stereocenters. The quantitative estimate of drug-likeness (QED) is 0.566. The number of nitrogens with one attached hydrogen (secondary N) is 2. The fourth-order valence-corrected chi connectivity index (χ4v) is 1.91. The standard InChI is InChI=1S/C12H21ClN4OS/c1-10-11(13)9-16-17(10)7-3-5-14-12(19)15-6-4-8-18-2/h9H,3-8H2,1-2H3,(H2,14,15,19). The van der Waals surface area contributed by atoms with Crippen LogP contribution >= 0.6 is 23.8 Å². The minimum absolute atomic E-state index is 0.686. The highest BCUT2D eigenvalue weighted by atomic mass is 35.5. The van der Waals surface area contributed by atoms with Crippen LogP contribution in [0.25, 0.3) is 0 Å². The summed E-state index contributed by atoms with van der Waals surface area (Å²) in [6, 6.07) is 0. The van der Waals surface area contributed by atoms with E-state index in [1.54, 1.807) is 13.3 Å². The van der Waals surface area contributed by atoms with Gasteiger partial charge in [0.05, 0.1) is 16.9 Å². The third-order valence-corrected chi connectivity index (χ3v) is 3.35. The van der Waals surface area contributed by atoms with Crippen LogP contribution < -0.4 is 10.6 Å². The maximum absolute atomic E-state index is 5.94. The topological polar surface area (TPSA) is 51.1 Å². The lowest BCUT2D eigenvalue weighted by Crippen LogP contribution is -2.36. The third-order valence-electron chi connectivity index (χ3n) is 2.69. The molecule has 0 amide bonds. The van der Waals surface area contributed by atoms with Crippen LogP contribution in [0.1, 0.15) is 18.5 Å². The highest BCUT2D eigenvalue weighted by Gasteiger charge is 2.03. The number of aryl methyl sites for hydroxylation is 1. The molecule has 108 valence electrons. The first kappa shape index (κ1) is 16.2. The van der Waals surface area contributed by atoms with Gasteiger partial charge in [0, 0.05) is 33.4 Å². The molecule has 0 aliphatic heterocycles. The van der Waals surface area contributed by atoms with Crippen LogP contribution in [-0.2, 0) is 11.3 Å². The zero-order chi connectivity index (χ0) is 14.1. The largest absolute Gasteiger partial charge is 0.385 e. The smallest absolute Gasteiger partial charge is 0.166 e. The van der Waals surface area contributed by atoms with Gasteiger partial charge in [-0.05, 0) is 32.0 Å². The van der Waals surface area contributed by atoms with E-state index in [0.717, 1.165) is 44.8 Å². The molecule has 1 rings (SSSR count). The second-order valence-electron chi connectivity index (χ2n) is 4.18. The molecule has 5 nitrogen and oxygen atoms in total. The summed E-state index contributed by atoms with van der Waals surface area (Å²) in [5.41, 5.74) is 1.00. The number of aromatic nitrogens is 2. The molecule has 0 aliphatic carbocycles. The third kappa shape index (κ3) is 6.22. The molecule has 0 bridgehead atoms. The van der Waals surface area contributed by atoms with Crippen molar-refractivity contribution in [3.8, 4) is 0 Å². The van der Waals surface area contributed by atoms with Gasteiger partial charge in [0.15, 0.2) is 5.11 Å². The molecule has 0 aliphatic rings. The molecule has 1 aromatic rings. The number of methoxy groups -OCH3 is 1. The van der Waals surface area contributed by atoms with Gasteiger partial charge in [-0.2, -0.15) is 5.10 Å². The molecule has 0 radical (unpaired) electrons. The normalized spacial score (nSPS) is 10.5. The molecular weight excluding hydrogens is 284 g/mol. The van der Waals surface area contributed by atoms with Gasteiger partial charge in [-0.1, -0.05) is 11.6 Å². The highest BCUT2D eigenvalue weighted by Crippen LogP contribution is 2.13. The average molecular weight is 305 g/mol. The molecule has 0 saturated carbocycles. The summed E-state index contributed by atoms with van der Waals surface area (Å²) in [4.78, 5) is 0. The first-order valence-electron chi connectivity index (χ1n) is 6.33. The number of halogens is 1. The number of rotatable bonds is 8. The molecule has 0 fully saturated rings. The zero-order valence-corrected chi connectivity index (χ0v) is 13.0. The van der Waals surface area contributed by atoms with Crippen molar-refractivity contribution in [2.45, 2.75) is 26.3 Å². The van der Waals surface area contributed by atoms with E-state index >= 15 is 0 Å². The van der Waals surface area contributed by atoms with Gasteiger partial charge in [0.1, 0.15) is 0 Å². The van der Waals surface area contributed by atoms with Crippen molar-refractivity contribution in [1.29, 1.82) is 0 Å². The van der Waals surface area contributed by atoms with Crippen LogP contribution in [0.2, 0.25) is 5.02 Å². The number of nitrogens with zero attached hydrogens (tertiary/aromatic N) is 2. The summed E-state index contributed by atoms with van der Waals surface area (Å²) in [6.45, 7) is 5.18. The predicted molar refractivity (Wildman–Crippen MR) is 81.7 cm³/mol. The van der Waals surface area contributed by atoms with Gasteiger partial charge in [0.25, 0.3) is 0 Å². The molecule has 7 heteroatoms. The predicted octanol–water partition coefficient (Wildman–Crippen LogP) is 1.74. The van der Waals surface area contributed by atoms with E-state index in [9.17, 15) is 0 Å². The lowest BCUT2D eigenvalue weighted by atomic mass is 10.4. The first-order valence-corrected chi connectivity index (χ1v) is 7.12. The number of hydrogen-bond donors (Lipinski definition) is 2. The average Bonchev–Trinajstić information content (AvgIpc) is 2.71. The van der Waals surface area contributed by atoms with E-state index in [4.69, 9.17) is 28.6 Å². The lowest BCUT2D eigenvalue weighted by molar-refractivity contribution is 0.195. The summed E-state index contributed by atoms with van der Waals surface area (Å²) < 4.78 is 6.86. The van der Waals surface area contributed by atoms with Crippen molar-refractivity contribution >= 4 is 28.9 Å². The van der Waals surface area contributed by atoms with Gasteiger partial charge in [-0.25, -0.2) is 0 Å². The Labute approximate surface area is 124 Å². The summed E-state index contributed by atoms with van der Waals surface area (Å²) in [5, 5.41) is 11.9. The van der Waals surface area contributed by atoms with Crippen LogP contribution in [0.4, 0.5) is 0 Å². The lowest BCUT2D eigenvalue weighted by Gasteiger charge is -2.10. The summed E-state index contributed by atoms with van der Waals surface area (Å²) in [5.74, 6) is 0. The number of ether oxygens (including phenoxy) is 1. The minimum atomic E-state index is 0.686. The van der Waals surface area contributed by atoms with Crippen molar-refractivity contribution in [3.63, 3.8) is 0 Å². The molecular formula is C12H21ClN4OS. The molecule has 19 heavy (non-hydrogen) atoms. The molecule has 2 N–H and O–H groups in total.